The van der Waals surface area contributed by atoms with Crippen molar-refractivity contribution in [2.24, 2.45) is 0 Å². The lowest BCUT2D eigenvalue weighted by atomic mass is 10.1. The van der Waals surface area contributed by atoms with E-state index in [2.05, 4.69) is 5.32 Å². The maximum atomic E-state index is 11.8. The number of likely N-dealkylation sites (N-methyl/N-ethyl adjacent to an activating group) is 1. The van der Waals surface area contributed by atoms with Crippen LogP contribution in [0.1, 0.15) is 10.4 Å². The largest absolute Gasteiger partial charge is 0.325 e. The number of carbonyl (C=O) groups excluding carboxylic acids is 2. The van der Waals surface area contributed by atoms with Crippen LogP contribution in [0.4, 0.5) is 5.69 Å². The van der Waals surface area contributed by atoms with Gasteiger partial charge in [0.1, 0.15) is 5.88 Å². The number of benzene rings is 1. The van der Waals surface area contributed by atoms with Gasteiger partial charge >= 0.3 is 0 Å². The van der Waals surface area contributed by atoms with Crippen LogP contribution in [0.2, 0.25) is 0 Å². The first kappa shape index (κ1) is 13.7. The molecule has 92 valence electrons. The zero-order chi connectivity index (χ0) is 12.8. The van der Waals surface area contributed by atoms with Crippen LogP contribution in [0.15, 0.2) is 24.3 Å². The summed E-state index contributed by atoms with van der Waals surface area (Å²) in [6.45, 7) is 0.340. The molecule has 17 heavy (non-hydrogen) atoms. The van der Waals surface area contributed by atoms with Gasteiger partial charge in [0.2, 0.25) is 5.91 Å². The van der Waals surface area contributed by atoms with E-state index in [-0.39, 0.29) is 17.6 Å². The van der Waals surface area contributed by atoms with Gasteiger partial charge in [-0.15, -0.1) is 11.6 Å². The highest BCUT2D eigenvalue weighted by molar-refractivity contribution is 6.29. The third-order valence-corrected chi connectivity index (χ3v) is 2.29. The van der Waals surface area contributed by atoms with Crippen molar-refractivity contribution in [3.63, 3.8) is 0 Å². The SMILES string of the molecule is CN(C)CC(=O)c1cccc(NC(=O)CCl)c1. The summed E-state index contributed by atoms with van der Waals surface area (Å²) in [5.41, 5.74) is 1.16. The average Bonchev–Trinajstić information content (AvgIpc) is 2.28. The standard InChI is InChI=1S/C12H15ClN2O2/c1-15(2)8-11(16)9-4-3-5-10(6-9)14-12(17)7-13/h3-6H,7-8H2,1-2H3,(H,14,17). The van der Waals surface area contributed by atoms with Gasteiger partial charge in [-0.2, -0.15) is 0 Å². The van der Waals surface area contributed by atoms with Crippen LogP contribution >= 0.6 is 11.6 Å². The van der Waals surface area contributed by atoms with E-state index < -0.39 is 0 Å². The number of nitrogens with zero attached hydrogens (tertiary/aromatic N) is 1. The molecule has 0 fully saturated rings. The maximum absolute atomic E-state index is 11.8. The van der Waals surface area contributed by atoms with E-state index >= 15 is 0 Å². The minimum Gasteiger partial charge on any atom is -0.325 e. The number of hydrogen-bond donors (Lipinski definition) is 1. The predicted octanol–water partition coefficient (Wildman–Crippen LogP) is 1.61. The summed E-state index contributed by atoms with van der Waals surface area (Å²) in [5.74, 6) is -0.378. The lowest BCUT2D eigenvalue weighted by molar-refractivity contribution is -0.113. The summed E-state index contributed by atoms with van der Waals surface area (Å²) in [6.07, 6.45) is 0. The molecule has 1 aromatic rings. The van der Waals surface area contributed by atoms with Crippen molar-refractivity contribution in [2.45, 2.75) is 0 Å². The Hall–Kier alpha value is -1.39. The zero-order valence-electron chi connectivity index (χ0n) is 9.87. The molecule has 0 aliphatic heterocycles. The Balaban J connectivity index is 2.78. The molecule has 0 unspecified atom stereocenters. The quantitative estimate of drug-likeness (QED) is 0.642. The molecular weight excluding hydrogens is 240 g/mol. The third kappa shape index (κ3) is 4.54. The van der Waals surface area contributed by atoms with Gasteiger partial charge in [0.15, 0.2) is 5.78 Å². The molecule has 1 rings (SSSR count). The van der Waals surface area contributed by atoms with E-state index in [9.17, 15) is 9.59 Å². The monoisotopic (exact) mass is 254 g/mol. The number of hydrogen-bond acceptors (Lipinski definition) is 3. The van der Waals surface area contributed by atoms with Gasteiger partial charge in [-0.25, -0.2) is 0 Å². The van der Waals surface area contributed by atoms with Crippen molar-refractivity contribution < 1.29 is 9.59 Å². The highest BCUT2D eigenvalue weighted by Crippen LogP contribution is 2.11. The van der Waals surface area contributed by atoms with E-state index in [0.717, 1.165) is 0 Å². The molecule has 0 saturated carbocycles. The molecule has 0 spiro atoms. The highest BCUT2D eigenvalue weighted by Gasteiger charge is 2.08. The second-order valence-electron chi connectivity index (χ2n) is 3.92. The van der Waals surface area contributed by atoms with E-state index in [0.29, 0.717) is 17.8 Å². The molecule has 4 nitrogen and oxygen atoms in total. The molecule has 0 aliphatic rings. The van der Waals surface area contributed by atoms with Crippen molar-refractivity contribution in [3.8, 4) is 0 Å². The topological polar surface area (TPSA) is 49.4 Å². The maximum Gasteiger partial charge on any atom is 0.239 e. The smallest absolute Gasteiger partial charge is 0.239 e. The minimum atomic E-state index is -0.288. The molecule has 5 heteroatoms. The van der Waals surface area contributed by atoms with Gasteiger partial charge in [0, 0.05) is 11.3 Å². The van der Waals surface area contributed by atoms with Gasteiger partial charge in [-0.1, -0.05) is 12.1 Å². The Morgan fingerprint density at radius 1 is 1.35 bits per heavy atom. The van der Waals surface area contributed by atoms with Crippen LogP contribution in [0.5, 0.6) is 0 Å². The van der Waals surface area contributed by atoms with E-state index in [1.54, 1.807) is 29.2 Å². The normalized spacial score (nSPS) is 10.4. The van der Waals surface area contributed by atoms with Crippen LogP contribution in [0, 0.1) is 0 Å². The molecule has 0 heterocycles. The molecule has 0 aromatic heterocycles. The molecule has 0 atom stereocenters. The van der Waals surface area contributed by atoms with Crippen molar-refractivity contribution in [1.82, 2.24) is 4.90 Å². The molecule has 1 aromatic carbocycles. The molecule has 0 saturated heterocycles. The Morgan fingerprint density at radius 3 is 2.65 bits per heavy atom. The molecule has 1 amide bonds. The molecule has 0 bridgehead atoms. The van der Waals surface area contributed by atoms with Crippen LogP contribution in [-0.2, 0) is 4.79 Å². The summed E-state index contributed by atoms with van der Waals surface area (Å²) < 4.78 is 0. The fourth-order valence-electron chi connectivity index (χ4n) is 1.34. The van der Waals surface area contributed by atoms with Gasteiger partial charge in [0.05, 0.1) is 6.54 Å². The summed E-state index contributed by atoms with van der Waals surface area (Å²) in [7, 11) is 3.66. The molecular formula is C12H15ClN2O2. The second kappa shape index (κ2) is 6.37. The van der Waals surface area contributed by atoms with Crippen LogP contribution in [0.3, 0.4) is 0 Å². The number of alkyl halides is 1. The number of carbonyl (C=O) groups is 2. The fourth-order valence-corrected chi connectivity index (χ4v) is 1.41. The Labute approximate surface area is 106 Å². The number of Topliss-reactive ketones (excluding diaryl/α,β-unsaturated/α-hetero) is 1. The Morgan fingerprint density at radius 2 is 2.06 bits per heavy atom. The van der Waals surface area contributed by atoms with Crippen molar-refractivity contribution in [1.29, 1.82) is 0 Å². The van der Waals surface area contributed by atoms with Crippen molar-refractivity contribution in [3.05, 3.63) is 29.8 Å². The second-order valence-corrected chi connectivity index (χ2v) is 4.19. The Kier molecular flexibility index (Phi) is 5.12. The molecule has 0 radical (unpaired) electrons. The van der Waals surface area contributed by atoms with Gasteiger partial charge < -0.3 is 10.2 Å². The lowest BCUT2D eigenvalue weighted by Crippen LogP contribution is -2.21. The lowest BCUT2D eigenvalue weighted by Gasteiger charge is -2.09. The number of halogens is 1. The number of anilines is 1. The average molecular weight is 255 g/mol. The highest BCUT2D eigenvalue weighted by atomic mass is 35.5. The predicted molar refractivity (Wildman–Crippen MR) is 68.7 cm³/mol. The van der Waals surface area contributed by atoms with Gasteiger partial charge in [0.25, 0.3) is 0 Å². The first-order chi connectivity index (χ1) is 8.02. The zero-order valence-corrected chi connectivity index (χ0v) is 10.6. The van der Waals surface area contributed by atoms with Crippen LogP contribution in [-0.4, -0.2) is 43.1 Å². The molecule has 0 aliphatic carbocycles. The minimum absolute atomic E-state index is 0.0111. The van der Waals surface area contributed by atoms with Crippen LogP contribution in [0.25, 0.3) is 0 Å². The van der Waals surface area contributed by atoms with Crippen molar-refractivity contribution >= 4 is 29.0 Å². The van der Waals surface area contributed by atoms with Crippen molar-refractivity contribution in [2.75, 3.05) is 31.8 Å². The summed E-state index contributed by atoms with van der Waals surface area (Å²) in [6, 6.07) is 6.82. The number of nitrogens with one attached hydrogen (secondary N) is 1. The number of rotatable bonds is 5. The van der Waals surface area contributed by atoms with E-state index in [1.165, 1.54) is 0 Å². The van der Waals surface area contributed by atoms with E-state index in [4.69, 9.17) is 11.6 Å². The Bertz CT molecular complexity index is 419. The van der Waals surface area contributed by atoms with Gasteiger partial charge in [-0.3, -0.25) is 9.59 Å². The van der Waals surface area contributed by atoms with Crippen LogP contribution < -0.4 is 5.32 Å². The first-order valence-electron chi connectivity index (χ1n) is 5.16. The summed E-state index contributed by atoms with van der Waals surface area (Å²) >= 11 is 5.39. The third-order valence-electron chi connectivity index (χ3n) is 2.05. The number of ketones is 1. The fraction of sp³-hybridized carbons (Fsp3) is 0.333. The first-order valence-corrected chi connectivity index (χ1v) is 5.70. The summed E-state index contributed by atoms with van der Waals surface area (Å²) in [5, 5.41) is 2.60. The molecule has 1 N–H and O–H groups in total. The van der Waals surface area contributed by atoms with E-state index in [1.807, 2.05) is 14.1 Å². The summed E-state index contributed by atoms with van der Waals surface area (Å²) in [4.78, 5) is 24.7. The van der Waals surface area contributed by atoms with Gasteiger partial charge in [-0.05, 0) is 26.2 Å². The number of amides is 1.